The molecule has 0 bridgehead atoms. The van der Waals surface area contributed by atoms with Crippen LogP contribution in [0.4, 0.5) is 0 Å². The molecule has 2 aliphatic rings. The highest BCUT2D eigenvalue weighted by atomic mass is 32.1. The minimum Gasteiger partial charge on any atom is -0.471 e. The smallest absolute Gasteiger partial charge is 0.253 e. The van der Waals surface area contributed by atoms with Gasteiger partial charge in [-0.2, -0.15) is 13.1 Å². The number of nitrogens with zero attached hydrogens (tertiary/aromatic N) is 6. The fourth-order valence-electron chi connectivity index (χ4n) is 3.40. The normalized spacial score (nSPS) is 17.8. The number of hydrogen-bond donors (Lipinski definition) is 0. The Morgan fingerprint density at radius 1 is 0.968 bits per heavy atom. The third-order valence-electron chi connectivity index (χ3n) is 5.07. The number of ether oxygens (including phenoxy) is 1. The van der Waals surface area contributed by atoms with Gasteiger partial charge in [0.1, 0.15) is 18.0 Å². The van der Waals surface area contributed by atoms with Crippen LogP contribution in [0.25, 0.3) is 11.1 Å². The summed E-state index contributed by atoms with van der Waals surface area (Å²) in [6.45, 7) is 6.93. The molecule has 2 aromatic heterocycles. The Hall–Kier alpha value is -1.94. The Bertz CT molecular complexity index is 874. The van der Waals surface area contributed by atoms with Gasteiger partial charge in [-0.05, 0) is 44.5 Å². The maximum atomic E-state index is 5.70. The molecule has 0 unspecified atom stereocenters. The first-order valence-electron chi connectivity index (χ1n) is 10.8. The third-order valence-corrected chi connectivity index (χ3v) is 6.06. The van der Waals surface area contributed by atoms with E-state index in [0.29, 0.717) is 12.5 Å². The molecule has 4 heterocycles. The monoisotopic (exact) mass is 460 g/mol. The molecule has 0 aromatic carbocycles. The van der Waals surface area contributed by atoms with Crippen LogP contribution >= 0.6 is 23.5 Å². The summed E-state index contributed by atoms with van der Waals surface area (Å²) in [5.41, 5.74) is 4.51. The predicted octanol–water partition coefficient (Wildman–Crippen LogP) is 4.25. The molecule has 0 radical (unpaired) electrons. The van der Waals surface area contributed by atoms with E-state index in [2.05, 4.69) is 66.5 Å². The highest BCUT2D eigenvalue weighted by molar-refractivity contribution is 6.99. The first-order valence-corrected chi connectivity index (χ1v) is 12.3. The van der Waals surface area contributed by atoms with Crippen LogP contribution < -0.4 is 4.74 Å². The zero-order valence-corrected chi connectivity index (χ0v) is 20.3. The molecule has 0 amide bonds. The summed E-state index contributed by atoms with van der Waals surface area (Å²) in [6, 6.07) is 0. The second-order valence-electron chi connectivity index (χ2n) is 7.79. The SMILES string of the molecule is CCCC=CCOc1nsnc1C1=CCCN(C)C1.CN1CCC=C(c2cnsn2)C1. The van der Waals surface area contributed by atoms with Gasteiger partial charge in [-0.1, -0.05) is 37.6 Å². The molecule has 0 saturated carbocycles. The highest BCUT2D eigenvalue weighted by Gasteiger charge is 2.18. The Labute approximate surface area is 193 Å². The quantitative estimate of drug-likeness (QED) is 0.572. The van der Waals surface area contributed by atoms with E-state index in [1.807, 2.05) is 12.3 Å². The van der Waals surface area contributed by atoms with Gasteiger partial charge in [-0.15, -0.1) is 4.37 Å². The molecule has 31 heavy (non-hydrogen) atoms. The van der Waals surface area contributed by atoms with Gasteiger partial charge in [-0.3, -0.25) is 0 Å². The number of hydrogen-bond acceptors (Lipinski definition) is 9. The zero-order chi connectivity index (χ0) is 21.9. The molecule has 0 aliphatic carbocycles. The molecule has 2 aliphatic heterocycles. The van der Waals surface area contributed by atoms with Crippen molar-refractivity contribution in [1.82, 2.24) is 27.3 Å². The van der Waals surface area contributed by atoms with Crippen LogP contribution in [-0.4, -0.2) is 74.2 Å². The second-order valence-corrected chi connectivity index (χ2v) is 8.88. The van der Waals surface area contributed by atoms with Crippen LogP contribution in [0, 0.1) is 0 Å². The van der Waals surface area contributed by atoms with Gasteiger partial charge in [0, 0.05) is 26.2 Å². The van der Waals surface area contributed by atoms with E-state index >= 15 is 0 Å². The summed E-state index contributed by atoms with van der Waals surface area (Å²) in [5.74, 6) is 0.674. The zero-order valence-electron chi connectivity index (χ0n) is 18.7. The molecule has 7 nitrogen and oxygen atoms in total. The van der Waals surface area contributed by atoms with Crippen molar-refractivity contribution in [1.29, 1.82) is 0 Å². The van der Waals surface area contributed by atoms with E-state index in [9.17, 15) is 0 Å². The first-order chi connectivity index (χ1) is 15.2. The average Bonchev–Trinajstić information content (AvgIpc) is 3.47. The van der Waals surface area contributed by atoms with Crippen LogP contribution in [0.5, 0.6) is 5.88 Å². The average molecular weight is 461 g/mol. The minimum atomic E-state index is 0.571. The van der Waals surface area contributed by atoms with E-state index in [1.54, 1.807) is 0 Å². The van der Waals surface area contributed by atoms with Crippen molar-refractivity contribution in [3.63, 3.8) is 0 Å². The molecule has 4 rings (SSSR count). The van der Waals surface area contributed by atoms with Crippen molar-refractivity contribution in [2.75, 3.05) is 46.9 Å². The standard InChI is InChI=1S/C14H21N3OS.C8H11N3S/c1-3-4-5-6-10-18-14-13(15-19-16-14)12-8-7-9-17(2)11-12;1-11-4-2-3-7(6-11)8-5-9-12-10-8/h5-6,8H,3-4,7,9-11H2,1-2H3;3,5H,2,4,6H2,1H3. The van der Waals surface area contributed by atoms with E-state index < -0.39 is 0 Å². The Balaban J connectivity index is 0.000000194. The molecule has 9 heteroatoms. The first kappa shape index (κ1) is 23.7. The fourth-order valence-corrected chi connectivity index (χ4v) is 4.38. The van der Waals surface area contributed by atoms with Crippen LogP contribution in [0.15, 0.2) is 30.5 Å². The second kappa shape index (κ2) is 12.8. The lowest BCUT2D eigenvalue weighted by molar-refractivity contribution is 0.346. The Morgan fingerprint density at radius 2 is 1.71 bits per heavy atom. The van der Waals surface area contributed by atoms with Crippen LogP contribution in [0.1, 0.15) is 44.0 Å². The lowest BCUT2D eigenvalue weighted by Gasteiger charge is -2.21. The fraction of sp³-hybridized carbons (Fsp3) is 0.545. The summed E-state index contributed by atoms with van der Waals surface area (Å²) in [6.07, 6.45) is 15.0. The number of allylic oxidation sites excluding steroid dienone is 1. The number of unbranched alkanes of at least 4 members (excludes halogenated alkanes) is 1. The number of aromatic nitrogens is 4. The highest BCUT2D eigenvalue weighted by Crippen LogP contribution is 2.26. The summed E-state index contributed by atoms with van der Waals surface area (Å²) < 4.78 is 22.5. The Kier molecular flexibility index (Phi) is 9.80. The van der Waals surface area contributed by atoms with E-state index in [1.165, 1.54) is 41.0 Å². The van der Waals surface area contributed by atoms with Gasteiger partial charge < -0.3 is 14.5 Å². The summed E-state index contributed by atoms with van der Waals surface area (Å²) in [7, 11) is 4.26. The topological polar surface area (TPSA) is 67.3 Å². The Morgan fingerprint density at radius 3 is 2.39 bits per heavy atom. The lowest BCUT2D eigenvalue weighted by Crippen LogP contribution is -2.25. The van der Waals surface area contributed by atoms with Crippen molar-refractivity contribution < 1.29 is 4.74 Å². The molecular formula is C22H32N6OS2. The predicted molar refractivity (Wildman–Crippen MR) is 130 cm³/mol. The molecule has 0 N–H and O–H groups in total. The summed E-state index contributed by atoms with van der Waals surface area (Å²) in [4.78, 5) is 4.59. The maximum absolute atomic E-state index is 5.70. The van der Waals surface area contributed by atoms with Gasteiger partial charge in [0.05, 0.1) is 29.7 Å². The minimum absolute atomic E-state index is 0.571. The number of rotatable bonds is 7. The van der Waals surface area contributed by atoms with Gasteiger partial charge in [-0.25, -0.2) is 0 Å². The van der Waals surface area contributed by atoms with Gasteiger partial charge in [0.15, 0.2) is 0 Å². The molecule has 168 valence electrons. The van der Waals surface area contributed by atoms with Crippen molar-refractivity contribution in [3.05, 3.63) is 41.9 Å². The third kappa shape index (κ3) is 7.60. The van der Waals surface area contributed by atoms with Crippen LogP contribution in [0.2, 0.25) is 0 Å². The molecule has 0 fully saturated rings. The van der Waals surface area contributed by atoms with Crippen LogP contribution in [-0.2, 0) is 0 Å². The lowest BCUT2D eigenvalue weighted by atomic mass is 10.1. The largest absolute Gasteiger partial charge is 0.471 e. The summed E-state index contributed by atoms with van der Waals surface area (Å²) >= 11 is 2.50. The van der Waals surface area contributed by atoms with E-state index in [4.69, 9.17) is 4.74 Å². The maximum Gasteiger partial charge on any atom is 0.253 e. The number of likely N-dealkylation sites (N-methyl/N-ethyl adjacent to an activating group) is 2. The van der Waals surface area contributed by atoms with E-state index in [-0.39, 0.29) is 0 Å². The van der Waals surface area contributed by atoms with Crippen LogP contribution in [0.3, 0.4) is 0 Å². The summed E-state index contributed by atoms with van der Waals surface area (Å²) in [5, 5.41) is 0. The van der Waals surface area contributed by atoms with Gasteiger partial charge in [0.25, 0.3) is 5.88 Å². The van der Waals surface area contributed by atoms with Crippen molar-refractivity contribution in [3.8, 4) is 5.88 Å². The molecule has 0 spiro atoms. The molecular weight excluding hydrogens is 428 g/mol. The van der Waals surface area contributed by atoms with E-state index in [0.717, 1.165) is 56.8 Å². The van der Waals surface area contributed by atoms with Crippen molar-refractivity contribution in [2.24, 2.45) is 0 Å². The van der Waals surface area contributed by atoms with Crippen molar-refractivity contribution in [2.45, 2.75) is 32.6 Å². The molecule has 2 aromatic rings. The van der Waals surface area contributed by atoms with Crippen molar-refractivity contribution >= 4 is 34.6 Å². The van der Waals surface area contributed by atoms with Gasteiger partial charge >= 0.3 is 0 Å². The molecule has 0 atom stereocenters. The van der Waals surface area contributed by atoms with Gasteiger partial charge in [0.2, 0.25) is 0 Å². The molecule has 0 saturated heterocycles.